The largest absolute Gasteiger partial charge is 0.396 e. The molecular formula is C26H50O. The summed E-state index contributed by atoms with van der Waals surface area (Å²) in [5.41, 5.74) is 0. The molecule has 1 nitrogen and oxygen atoms in total. The molecular weight excluding hydrogens is 328 g/mol. The summed E-state index contributed by atoms with van der Waals surface area (Å²) in [7, 11) is 0. The highest BCUT2D eigenvalue weighted by Crippen LogP contribution is 2.14. The predicted molar refractivity (Wildman–Crippen MR) is 122 cm³/mol. The fourth-order valence-corrected chi connectivity index (χ4v) is 3.51. The number of hydrogen-bond donors (Lipinski definition) is 1. The van der Waals surface area contributed by atoms with Gasteiger partial charge >= 0.3 is 0 Å². The molecule has 0 spiro atoms. The lowest BCUT2D eigenvalue weighted by atomic mass is 10.0. The molecule has 0 bridgehead atoms. The SMILES string of the molecule is CC(C)CCC#CCCCCCCCCCCCCCCCCCCCO. The molecule has 0 unspecified atom stereocenters. The molecule has 1 heteroatoms. The van der Waals surface area contributed by atoms with Crippen molar-refractivity contribution in [2.75, 3.05) is 6.61 Å². The highest BCUT2D eigenvalue weighted by Gasteiger charge is 1.95. The van der Waals surface area contributed by atoms with Gasteiger partial charge in [0, 0.05) is 19.4 Å². The maximum Gasteiger partial charge on any atom is 0.0431 e. The monoisotopic (exact) mass is 378 g/mol. The van der Waals surface area contributed by atoms with E-state index in [9.17, 15) is 0 Å². The average molecular weight is 379 g/mol. The first-order valence-electron chi connectivity index (χ1n) is 12.3. The van der Waals surface area contributed by atoms with Crippen LogP contribution in [0.1, 0.15) is 142 Å². The lowest BCUT2D eigenvalue weighted by Crippen LogP contribution is -1.85. The van der Waals surface area contributed by atoms with Crippen LogP contribution < -0.4 is 0 Å². The van der Waals surface area contributed by atoms with Crippen molar-refractivity contribution in [3.8, 4) is 11.8 Å². The second kappa shape index (κ2) is 23.6. The zero-order chi connectivity index (χ0) is 19.8. The highest BCUT2D eigenvalue weighted by atomic mass is 16.2. The van der Waals surface area contributed by atoms with Crippen LogP contribution in [0.15, 0.2) is 0 Å². The number of aliphatic hydroxyl groups is 1. The summed E-state index contributed by atoms with van der Waals surface area (Å²) in [4.78, 5) is 0. The molecule has 0 aromatic rings. The molecule has 0 aliphatic rings. The van der Waals surface area contributed by atoms with Crippen LogP contribution in [-0.2, 0) is 0 Å². The van der Waals surface area contributed by atoms with Crippen molar-refractivity contribution >= 4 is 0 Å². The fourth-order valence-electron chi connectivity index (χ4n) is 3.51. The molecule has 27 heavy (non-hydrogen) atoms. The molecule has 0 aromatic heterocycles. The highest BCUT2D eigenvalue weighted by molar-refractivity contribution is 4.98. The van der Waals surface area contributed by atoms with Gasteiger partial charge in [-0.05, 0) is 25.2 Å². The maximum absolute atomic E-state index is 8.73. The Labute approximate surface area is 172 Å². The van der Waals surface area contributed by atoms with Crippen molar-refractivity contribution < 1.29 is 5.11 Å². The summed E-state index contributed by atoms with van der Waals surface area (Å²) < 4.78 is 0. The Morgan fingerprint density at radius 1 is 0.481 bits per heavy atom. The zero-order valence-electron chi connectivity index (χ0n) is 18.9. The van der Waals surface area contributed by atoms with Gasteiger partial charge in [-0.2, -0.15) is 0 Å². The van der Waals surface area contributed by atoms with E-state index in [1.807, 2.05) is 0 Å². The average Bonchev–Trinajstić information content (AvgIpc) is 2.65. The summed E-state index contributed by atoms with van der Waals surface area (Å²) in [6.45, 7) is 4.91. The van der Waals surface area contributed by atoms with Gasteiger partial charge in [-0.15, -0.1) is 11.8 Å². The minimum Gasteiger partial charge on any atom is -0.396 e. The maximum atomic E-state index is 8.73. The molecule has 0 aliphatic carbocycles. The fraction of sp³-hybridized carbons (Fsp3) is 0.923. The van der Waals surface area contributed by atoms with Crippen LogP contribution in [0.5, 0.6) is 0 Å². The Bertz CT molecular complexity index is 323. The molecule has 0 aromatic carbocycles. The Hall–Kier alpha value is -0.480. The molecule has 0 fully saturated rings. The predicted octanol–water partition coefficient (Wildman–Crippen LogP) is 8.44. The second-order valence-corrected chi connectivity index (χ2v) is 8.77. The molecule has 0 saturated carbocycles. The molecule has 0 atom stereocenters. The first kappa shape index (κ1) is 26.5. The van der Waals surface area contributed by atoms with Crippen molar-refractivity contribution in [3.63, 3.8) is 0 Å². The van der Waals surface area contributed by atoms with E-state index >= 15 is 0 Å². The lowest BCUT2D eigenvalue weighted by Gasteiger charge is -2.03. The smallest absolute Gasteiger partial charge is 0.0431 e. The van der Waals surface area contributed by atoms with Crippen LogP contribution in [0.25, 0.3) is 0 Å². The number of unbranched alkanes of at least 4 members (excludes halogenated alkanes) is 17. The summed E-state index contributed by atoms with van der Waals surface area (Å²) in [6, 6.07) is 0. The Morgan fingerprint density at radius 2 is 0.815 bits per heavy atom. The van der Waals surface area contributed by atoms with Crippen LogP contribution in [0.2, 0.25) is 0 Å². The molecule has 0 radical (unpaired) electrons. The van der Waals surface area contributed by atoms with Gasteiger partial charge in [0.25, 0.3) is 0 Å². The van der Waals surface area contributed by atoms with E-state index in [1.165, 1.54) is 109 Å². The molecule has 0 amide bonds. The summed E-state index contributed by atoms with van der Waals surface area (Å²) in [6.07, 6.45) is 26.7. The Morgan fingerprint density at radius 3 is 1.19 bits per heavy atom. The second-order valence-electron chi connectivity index (χ2n) is 8.77. The van der Waals surface area contributed by atoms with Gasteiger partial charge < -0.3 is 5.11 Å². The standard InChI is InChI=1S/C26H50O/c1-26(2)24-22-20-18-16-14-12-10-8-6-4-3-5-7-9-11-13-15-17-19-21-23-25-27/h26-27H,3-17,19,21-25H2,1-2H3. The third-order valence-electron chi connectivity index (χ3n) is 5.43. The van der Waals surface area contributed by atoms with Crippen LogP contribution in [0, 0.1) is 17.8 Å². The minimum atomic E-state index is 0.369. The molecule has 0 heterocycles. The van der Waals surface area contributed by atoms with Gasteiger partial charge in [0.1, 0.15) is 0 Å². The first-order chi connectivity index (χ1) is 13.3. The number of rotatable bonds is 20. The third-order valence-corrected chi connectivity index (χ3v) is 5.43. The van der Waals surface area contributed by atoms with Crippen LogP contribution in [0.4, 0.5) is 0 Å². The van der Waals surface area contributed by atoms with E-state index in [1.54, 1.807) is 0 Å². The number of hydrogen-bond acceptors (Lipinski definition) is 1. The Balaban J connectivity index is 3.05. The summed E-state index contributed by atoms with van der Waals surface area (Å²) >= 11 is 0. The van der Waals surface area contributed by atoms with Gasteiger partial charge in [-0.1, -0.05) is 110 Å². The zero-order valence-corrected chi connectivity index (χ0v) is 18.9. The van der Waals surface area contributed by atoms with Crippen molar-refractivity contribution in [2.24, 2.45) is 5.92 Å². The van der Waals surface area contributed by atoms with E-state index in [-0.39, 0.29) is 0 Å². The Kier molecular flexibility index (Phi) is 23.1. The van der Waals surface area contributed by atoms with Gasteiger partial charge in [-0.25, -0.2) is 0 Å². The van der Waals surface area contributed by atoms with Gasteiger partial charge in [-0.3, -0.25) is 0 Å². The van der Waals surface area contributed by atoms with Crippen molar-refractivity contribution in [2.45, 2.75) is 142 Å². The molecule has 160 valence electrons. The van der Waals surface area contributed by atoms with Crippen LogP contribution in [0.3, 0.4) is 0 Å². The van der Waals surface area contributed by atoms with Gasteiger partial charge in [0.05, 0.1) is 0 Å². The quantitative estimate of drug-likeness (QED) is 0.166. The lowest BCUT2D eigenvalue weighted by molar-refractivity contribution is 0.282. The van der Waals surface area contributed by atoms with E-state index in [2.05, 4.69) is 25.7 Å². The number of aliphatic hydroxyl groups excluding tert-OH is 1. The van der Waals surface area contributed by atoms with Gasteiger partial charge in [0.2, 0.25) is 0 Å². The van der Waals surface area contributed by atoms with E-state index in [4.69, 9.17) is 5.11 Å². The normalized spacial score (nSPS) is 11.0. The van der Waals surface area contributed by atoms with E-state index in [0.717, 1.165) is 25.2 Å². The molecule has 0 saturated heterocycles. The topological polar surface area (TPSA) is 20.2 Å². The van der Waals surface area contributed by atoms with E-state index in [0.29, 0.717) is 6.61 Å². The molecule has 1 N–H and O–H groups in total. The van der Waals surface area contributed by atoms with Crippen LogP contribution in [-0.4, -0.2) is 11.7 Å². The first-order valence-corrected chi connectivity index (χ1v) is 12.3. The van der Waals surface area contributed by atoms with E-state index < -0.39 is 0 Å². The van der Waals surface area contributed by atoms with Crippen molar-refractivity contribution in [3.05, 3.63) is 0 Å². The van der Waals surface area contributed by atoms with Crippen molar-refractivity contribution in [1.29, 1.82) is 0 Å². The minimum absolute atomic E-state index is 0.369. The van der Waals surface area contributed by atoms with Crippen LogP contribution >= 0.6 is 0 Å². The van der Waals surface area contributed by atoms with Crippen molar-refractivity contribution in [1.82, 2.24) is 0 Å². The summed E-state index contributed by atoms with van der Waals surface area (Å²) in [5.74, 6) is 7.44. The molecule has 0 aliphatic heterocycles. The summed E-state index contributed by atoms with van der Waals surface area (Å²) in [5, 5.41) is 8.73. The molecule has 0 rings (SSSR count). The van der Waals surface area contributed by atoms with Gasteiger partial charge in [0.15, 0.2) is 0 Å². The third kappa shape index (κ3) is 25.5.